The molecule has 1 rings (SSSR count). The van der Waals surface area contributed by atoms with Crippen LogP contribution in [0.5, 0.6) is 0 Å². The SMILES string of the molecule is COCCNC(=O)C1CCCCCC1N. The Kier molecular flexibility index (Phi) is 5.65. The number of nitrogens with two attached hydrogens (primary N) is 1. The number of hydrogen-bond donors (Lipinski definition) is 2. The Morgan fingerprint density at radius 1 is 1.40 bits per heavy atom. The zero-order valence-electron chi connectivity index (χ0n) is 9.50. The molecule has 0 aromatic heterocycles. The molecule has 1 fully saturated rings. The monoisotopic (exact) mass is 214 g/mol. The number of carbonyl (C=O) groups is 1. The third-order valence-corrected chi connectivity index (χ3v) is 3.01. The fourth-order valence-corrected chi connectivity index (χ4v) is 2.07. The maximum atomic E-state index is 11.8. The molecule has 0 aromatic carbocycles. The van der Waals surface area contributed by atoms with Crippen LogP contribution in [-0.2, 0) is 9.53 Å². The molecule has 2 unspecified atom stereocenters. The van der Waals surface area contributed by atoms with Gasteiger partial charge in [-0.15, -0.1) is 0 Å². The topological polar surface area (TPSA) is 64.3 Å². The molecule has 0 bridgehead atoms. The molecule has 1 aliphatic rings. The van der Waals surface area contributed by atoms with Crippen molar-refractivity contribution in [3.8, 4) is 0 Å². The van der Waals surface area contributed by atoms with E-state index in [0.717, 1.165) is 25.7 Å². The highest BCUT2D eigenvalue weighted by Gasteiger charge is 2.26. The summed E-state index contributed by atoms with van der Waals surface area (Å²) < 4.78 is 4.89. The molecule has 4 heteroatoms. The van der Waals surface area contributed by atoms with Crippen LogP contribution < -0.4 is 11.1 Å². The van der Waals surface area contributed by atoms with E-state index in [1.54, 1.807) is 7.11 Å². The van der Waals surface area contributed by atoms with Crippen molar-refractivity contribution < 1.29 is 9.53 Å². The minimum atomic E-state index is 0.00403. The van der Waals surface area contributed by atoms with Gasteiger partial charge in [0.05, 0.1) is 12.5 Å². The molecular weight excluding hydrogens is 192 g/mol. The third-order valence-electron chi connectivity index (χ3n) is 3.01. The summed E-state index contributed by atoms with van der Waals surface area (Å²) in [7, 11) is 1.63. The van der Waals surface area contributed by atoms with Gasteiger partial charge in [-0.1, -0.05) is 19.3 Å². The highest BCUT2D eigenvalue weighted by Crippen LogP contribution is 2.22. The molecule has 0 heterocycles. The van der Waals surface area contributed by atoms with Crippen LogP contribution >= 0.6 is 0 Å². The van der Waals surface area contributed by atoms with Gasteiger partial charge in [0, 0.05) is 19.7 Å². The molecule has 15 heavy (non-hydrogen) atoms. The van der Waals surface area contributed by atoms with Crippen LogP contribution in [0.4, 0.5) is 0 Å². The summed E-state index contributed by atoms with van der Waals surface area (Å²) >= 11 is 0. The average molecular weight is 214 g/mol. The quantitative estimate of drug-likeness (QED) is 0.533. The van der Waals surface area contributed by atoms with Crippen molar-refractivity contribution in [3.63, 3.8) is 0 Å². The first kappa shape index (κ1) is 12.5. The summed E-state index contributed by atoms with van der Waals surface area (Å²) in [6, 6.07) is 0.0371. The summed E-state index contributed by atoms with van der Waals surface area (Å²) in [5, 5.41) is 2.87. The zero-order valence-corrected chi connectivity index (χ0v) is 9.50. The molecule has 1 saturated carbocycles. The van der Waals surface area contributed by atoms with Crippen LogP contribution in [0.15, 0.2) is 0 Å². The molecule has 2 atom stereocenters. The Hall–Kier alpha value is -0.610. The van der Waals surface area contributed by atoms with E-state index in [1.165, 1.54) is 6.42 Å². The first-order valence-electron chi connectivity index (χ1n) is 5.78. The van der Waals surface area contributed by atoms with Gasteiger partial charge in [-0.2, -0.15) is 0 Å². The fourth-order valence-electron chi connectivity index (χ4n) is 2.07. The molecule has 0 spiro atoms. The largest absolute Gasteiger partial charge is 0.383 e. The third kappa shape index (κ3) is 4.18. The van der Waals surface area contributed by atoms with Gasteiger partial charge >= 0.3 is 0 Å². The molecule has 88 valence electrons. The second-order valence-corrected chi connectivity index (χ2v) is 4.19. The van der Waals surface area contributed by atoms with Gasteiger partial charge in [0.15, 0.2) is 0 Å². The molecule has 0 aliphatic heterocycles. The lowest BCUT2D eigenvalue weighted by molar-refractivity contribution is -0.126. The Morgan fingerprint density at radius 3 is 2.87 bits per heavy atom. The molecule has 4 nitrogen and oxygen atoms in total. The number of nitrogens with one attached hydrogen (secondary N) is 1. The van der Waals surface area contributed by atoms with Crippen molar-refractivity contribution in [3.05, 3.63) is 0 Å². The van der Waals surface area contributed by atoms with Gasteiger partial charge in [-0.05, 0) is 12.8 Å². The first-order valence-corrected chi connectivity index (χ1v) is 5.78. The average Bonchev–Trinajstić information content (AvgIpc) is 2.43. The number of rotatable bonds is 4. The molecular formula is C11H22N2O2. The van der Waals surface area contributed by atoms with Crippen molar-refractivity contribution in [2.75, 3.05) is 20.3 Å². The van der Waals surface area contributed by atoms with E-state index >= 15 is 0 Å². The van der Waals surface area contributed by atoms with E-state index in [4.69, 9.17) is 10.5 Å². The standard InChI is InChI=1S/C11H22N2O2/c1-15-8-7-13-11(14)9-5-3-2-4-6-10(9)12/h9-10H,2-8,12H2,1H3,(H,13,14). The molecule has 0 aromatic rings. The number of carbonyl (C=O) groups excluding carboxylic acids is 1. The summed E-state index contributed by atoms with van der Waals surface area (Å²) in [6.07, 6.45) is 5.39. The van der Waals surface area contributed by atoms with E-state index in [9.17, 15) is 4.79 Å². The van der Waals surface area contributed by atoms with Crippen molar-refractivity contribution >= 4 is 5.91 Å². The summed E-state index contributed by atoms with van der Waals surface area (Å²) in [5.74, 6) is 0.103. The zero-order chi connectivity index (χ0) is 11.1. The van der Waals surface area contributed by atoms with Crippen LogP contribution in [0.2, 0.25) is 0 Å². The Labute approximate surface area is 91.5 Å². The minimum Gasteiger partial charge on any atom is -0.383 e. The normalized spacial score (nSPS) is 27.1. The van der Waals surface area contributed by atoms with E-state index < -0.39 is 0 Å². The lowest BCUT2D eigenvalue weighted by Gasteiger charge is -2.20. The van der Waals surface area contributed by atoms with E-state index in [1.807, 2.05) is 0 Å². The maximum absolute atomic E-state index is 11.8. The summed E-state index contributed by atoms with van der Waals surface area (Å²) in [5.41, 5.74) is 5.99. The lowest BCUT2D eigenvalue weighted by Crippen LogP contribution is -2.42. The molecule has 0 saturated heterocycles. The minimum absolute atomic E-state index is 0.00403. The summed E-state index contributed by atoms with van der Waals surface area (Å²) in [4.78, 5) is 11.8. The molecule has 1 aliphatic carbocycles. The number of ether oxygens (including phenoxy) is 1. The van der Waals surface area contributed by atoms with E-state index in [-0.39, 0.29) is 17.9 Å². The van der Waals surface area contributed by atoms with Crippen LogP contribution in [0, 0.1) is 5.92 Å². The maximum Gasteiger partial charge on any atom is 0.224 e. The van der Waals surface area contributed by atoms with Gasteiger partial charge < -0.3 is 15.8 Å². The number of amides is 1. The second-order valence-electron chi connectivity index (χ2n) is 4.19. The number of hydrogen-bond acceptors (Lipinski definition) is 3. The molecule has 0 radical (unpaired) electrons. The van der Waals surface area contributed by atoms with Crippen molar-refractivity contribution in [2.24, 2.45) is 11.7 Å². The Morgan fingerprint density at radius 2 is 2.13 bits per heavy atom. The van der Waals surface area contributed by atoms with Crippen LogP contribution in [0.25, 0.3) is 0 Å². The van der Waals surface area contributed by atoms with Crippen molar-refractivity contribution in [1.82, 2.24) is 5.32 Å². The second kappa shape index (κ2) is 6.80. The van der Waals surface area contributed by atoms with E-state index in [0.29, 0.717) is 13.2 Å². The lowest BCUT2D eigenvalue weighted by atomic mass is 9.95. The van der Waals surface area contributed by atoms with Crippen molar-refractivity contribution in [1.29, 1.82) is 0 Å². The van der Waals surface area contributed by atoms with Gasteiger partial charge in [0.2, 0.25) is 5.91 Å². The summed E-state index contributed by atoms with van der Waals surface area (Å²) in [6.45, 7) is 1.15. The van der Waals surface area contributed by atoms with Crippen LogP contribution in [-0.4, -0.2) is 32.2 Å². The van der Waals surface area contributed by atoms with Crippen LogP contribution in [0.1, 0.15) is 32.1 Å². The van der Waals surface area contributed by atoms with Gasteiger partial charge in [0.1, 0.15) is 0 Å². The molecule has 1 amide bonds. The van der Waals surface area contributed by atoms with E-state index in [2.05, 4.69) is 5.32 Å². The number of methoxy groups -OCH3 is 1. The molecule has 3 N–H and O–H groups in total. The highest BCUT2D eigenvalue weighted by molar-refractivity contribution is 5.79. The Bertz CT molecular complexity index is 197. The van der Waals surface area contributed by atoms with Gasteiger partial charge in [0.25, 0.3) is 0 Å². The smallest absolute Gasteiger partial charge is 0.224 e. The van der Waals surface area contributed by atoms with Gasteiger partial charge in [-0.25, -0.2) is 0 Å². The predicted octanol–water partition coefficient (Wildman–Crippen LogP) is 0.657. The Balaban J connectivity index is 2.34. The van der Waals surface area contributed by atoms with Crippen molar-refractivity contribution in [2.45, 2.75) is 38.1 Å². The fraction of sp³-hybridized carbons (Fsp3) is 0.909. The highest BCUT2D eigenvalue weighted by atomic mass is 16.5. The first-order chi connectivity index (χ1) is 7.25. The predicted molar refractivity (Wildman–Crippen MR) is 59.4 cm³/mol. The van der Waals surface area contributed by atoms with Gasteiger partial charge in [-0.3, -0.25) is 4.79 Å². The van der Waals surface area contributed by atoms with Crippen LogP contribution in [0.3, 0.4) is 0 Å².